The first kappa shape index (κ1) is 25.5. The Hall–Kier alpha value is 0.467. The minimum atomic E-state index is -2.46. The molecule has 0 unspecified atom stereocenters. The molecule has 0 aliphatic heterocycles. The lowest BCUT2D eigenvalue weighted by Crippen LogP contribution is -2.46. The first-order valence-electron chi connectivity index (χ1n) is 9.79. The molecule has 0 rings (SSSR count). The van der Waals surface area contributed by atoms with Crippen LogP contribution in [0.25, 0.3) is 0 Å². The van der Waals surface area contributed by atoms with Gasteiger partial charge in [0.25, 0.3) is 0 Å². The second-order valence-electron chi connectivity index (χ2n) is 5.73. The van der Waals surface area contributed by atoms with Gasteiger partial charge in [0.15, 0.2) is 5.12 Å². The molecule has 0 bridgehead atoms. The van der Waals surface area contributed by atoms with E-state index in [-0.39, 0.29) is 0 Å². The van der Waals surface area contributed by atoms with Crippen molar-refractivity contribution in [2.45, 2.75) is 72.3 Å². The lowest BCUT2D eigenvalue weighted by Gasteiger charge is -2.28. The van der Waals surface area contributed by atoms with E-state index in [1.807, 2.05) is 32.5 Å². The monoisotopic (exact) mass is 410 g/mol. The second-order valence-corrected chi connectivity index (χ2v) is 10.8. The summed E-state index contributed by atoms with van der Waals surface area (Å²) in [6.45, 7) is 10.1. The molecular weight excluding hydrogens is 372 g/mol. The van der Waals surface area contributed by atoms with Crippen LogP contribution in [-0.2, 0) is 18.1 Å². The quantitative estimate of drug-likeness (QED) is 0.223. The molecule has 150 valence electrons. The van der Waals surface area contributed by atoms with Crippen LogP contribution in [0.15, 0.2) is 0 Å². The van der Waals surface area contributed by atoms with Crippen LogP contribution in [0, 0.1) is 0 Å². The Bertz CT molecular complexity index is 302. The summed E-state index contributed by atoms with van der Waals surface area (Å²) < 4.78 is 17.6. The van der Waals surface area contributed by atoms with Crippen molar-refractivity contribution in [1.82, 2.24) is 0 Å². The van der Waals surface area contributed by atoms with E-state index in [4.69, 9.17) is 13.3 Å². The molecule has 25 heavy (non-hydrogen) atoms. The number of carbonyl (C=O) groups excluding carboxylic acids is 1. The van der Waals surface area contributed by atoms with Crippen molar-refractivity contribution in [3.63, 3.8) is 0 Å². The Morgan fingerprint density at radius 1 is 0.800 bits per heavy atom. The topological polar surface area (TPSA) is 44.8 Å². The van der Waals surface area contributed by atoms with Gasteiger partial charge in [0.05, 0.1) is 0 Å². The van der Waals surface area contributed by atoms with Crippen molar-refractivity contribution < 1.29 is 18.1 Å². The average Bonchev–Trinajstić information content (AvgIpc) is 2.58. The van der Waals surface area contributed by atoms with Crippen molar-refractivity contribution in [2.24, 2.45) is 0 Å². The van der Waals surface area contributed by atoms with Crippen LogP contribution in [0.1, 0.15) is 66.2 Å². The highest BCUT2D eigenvalue weighted by atomic mass is 32.2. The number of hydrogen-bond donors (Lipinski definition) is 0. The summed E-state index contributed by atoms with van der Waals surface area (Å²) in [7, 11) is -2.46. The summed E-state index contributed by atoms with van der Waals surface area (Å²) >= 11 is 3.46. The summed E-state index contributed by atoms with van der Waals surface area (Å²) in [5.74, 6) is 3.16. The molecule has 0 aliphatic carbocycles. The molecule has 0 radical (unpaired) electrons. The summed E-state index contributed by atoms with van der Waals surface area (Å²) in [4.78, 5) is 11.7. The van der Waals surface area contributed by atoms with Gasteiger partial charge >= 0.3 is 8.80 Å². The first-order valence-corrected chi connectivity index (χ1v) is 13.9. The van der Waals surface area contributed by atoms with Gasteiger partial charge < -0.3 is 13.3 Å². The van der Waals surface area contributed by atoms with Crippen LogP contribution in [0.3, 0.4) is 0 Å². The van der Waals surface area contributed by atoms with Crippen molar-refractivity contribution >= 4 is 37.4 Å². The molecule has 0 heterocycles. The predicted molar refractivity (Wildman–Crippen MR) is 114 cm³/mol. The van der Waals surface area contributed by atoms with Crippen LogP contribution in [0.2, 0.25) is 6.04 Å². The normalized spacial score (nSPS) is 11.8. The minimum Gasteiger partial charge on any atom is -0.374 e. The lowest BCUT2D eigenvalue weighted by atomic mass is 10.2. The Kier molecular flexibility index (Phi) is 18.2. The van der Waals surface area contributed by atoms with E-state index in [1.165, 1.54) is 18.2 Å². The van der Waals surface area contributed by atoms with Gasteiger partial charge in [-0.25, -0.2) is 0 Å². The molecule has 0 saturated heterocycles. The number of rotatable bonds is 18. The molecule has 0 aromatic carbocycles. The molecule has 0 fully saturated rings. The fourth-order valence-corrected chi connectivity index (χ4v) is 7.19. The molecule has 0 amide bonds. The van der Waals surface area contributed by atoms with E-state index in [9.17, 15) is 4.79 Å². The van der Waals surface area contributed by atoms with Gasteiger partial charge in [-0.3, -0.25) is 4.79 Å². The van der Waals surface area contributed by atoms with Crippen LogP contribution in [-0.4, -0.2) is 51.0 Å². The maximum atomic E-state index is 11.7. The molecule has 0 aromatic heterocycles. The van der Waals surface area contributed by atoms with E-state index in [0.717, 1.165) is 55.4 Å². The van der Waals surface area contributed by atoms with E-state index < -0.39 is 8.80 Å². The first-order chi connectivity index (χ1) is 12.1. The van der Waals surface area contributed by atoms with Gasteiger partial charge in [0.1, 0.15) is 0 Å². The second kappa shape index (κ2) is 17.9. The highest BCUT2D eigenvalue weighted by Crippen LogP contribution is 2.20. The third-order valence-electron chi connectivity index (χ3n) is 3.54. The number of hydrogen-bond acceptors (Lipinski definition) is 6. The highest BCUT2D eigenvalue weighted by molar-refractivity contribution is 8.13. The van der Waals surface area contributed by atoms with E-state index in [0.29, 0.717) is 24.9 Å². The predicted octanol–water partition coefficient (Wildman–Crippen LogP) is 5.39. The summed E-state index contributed by atoms with van der Waals surface area (Å²) in [5, 5.41) is 0.361. The molecular formula is C18H38O4S2Si. The van der Waals surface area contributed by atoms with Gasteiger partial charge in [0.2, 0.25) is 0 Å². The smallest absolute Gasteiger partial charge is 0.374 e. The largest absolute Gasteiger partial charge is 0.500 e. The summed E-state index contributed by atoms with van der Waals surface area (Å²) in [6, 6.07) is 0.889. The maximum Gasteiger partial charge on any atom is 0.500 e. The van der Waals surface area contributed by atoms with E-state index in [1.54, 1.807) is 0 Å². The zero-order chi connectivity index (χ0) is 18.8. The Morgan fingerprint density at radius 2 is 1.40 bits per heavy atom. The summed E-state index contributed by atoms with van der Waals surface area (Å²) in [5.41, 5.74) is 0. The van der Waals surface area contributed by atoms with Crippen LogP contribution in [0.4, 0.5) is 0 Å². The third-order valence-corrected chi connectivity index (χ3v) is 8.87. The number of unbranched alkanes of at least 4 members (excludes halogenated alkanes) is 2. The standard InChI is InChI=1S/C18H38O4S2Si/c1-5-9-10-13-18(19)24-16-11-14-23-15-12-17-25(20-6-2,21-7-3)22-8-4/h5-17H2,1-4H3. The van der Waals surface area contributed by atoms with Crippen molar-refractivity contribution in [3.05, 3.63) is 0 Å². The van der Waals surface area contributed by atoms with Crippen LogP contribution in [0.5, 0.6) is 0 Å². The van der Waals surface area contributed by atoms with Crippen LogP contribution < -0.4 is 0 Å². The Labute approximate surface area is 164 Å². The zero-order valence-corrected chi connectivity index (χ0v) is 19.3. The fraction of sp³-hybridized carbons (Fsp3) is 0.944. The van der Waals surface area contributed by atoms with Crippen LogP contribution >= 0.6 is 23.5 Å². The summed E-state index contributed by atoms with van der Waals surface area (Å²) in [6.07, 6.45) is 6.28. The highest BCUT2D eigenvalue weighted by Gasteiger charge is 2.39. The maximum absolute atomic E-state index is 11.7. The Morgan fingerprint density at radius 3 is 1.96 bits per heavy atom. The number of thioether (sulfide) groups is 2. The van der Waals surface area contributed by atoms with Gasteiger partial charge in [0, 0.05) is 38.0 Å². The SMILES string of the molecule is CCCCCC(=O)SCCCSCCC[Si](OCC)(OCC)OCC. The molecule has 0 aliphatic rings. The van der Waals surface area contributed by atoms with Crippen molar-refractivity contribution in [3.8, 4) is 0 Å². The number of carbonyl (C=O) groups is 1. The van der Waals surface area contributed by atoms with E-state index >= 15 is 0 Å². The lowest BCUT2D eigenvalue weighted by molar-refractivity contribution is -0.111. The van der Waals surface area contributed by atoms with Crippen molar-refractivity contribution in [1.29, 1.82) is 0 Å². The van der Waals surface area contributed by atoms with Gasteiger partial charge in [-0.2, -0.15) is 11.8 Å². The molecule has 0 N–H and O–H groups in total. The molecule has 0 saturated carbocycles. The molecule has 0 atom stereocenters. The van der Waals surface area contributed by atoms with Crippen molar-refractivity contribution in [2.75, 3.05) is 37.1 Å². The molecule has 7 heteroatoms. The zero-order valence-electron chi connectivity index (χ0n) is 16.6. The fourth-order valence-electron chi connectivity index (χ4n) is 2.43. The minimum absolute atomic E-state index is 0.361. The van der Waals surface area contributed by atoms with Gasteiger partial charge in [-0.15, -0.1) is 0 Å². The average molecular weight is 411 g/mol. The molecule has 0 spiro atoms. The van der Waals surface area contributed by atoms with E-state index in [2.05, 4.69) is 6.92 Å². The van der Waals surface area contributed by atoms with Gasteiger partial charge in [-0.1, -0.05) is 31.5 Å². The molecule has 4 nitrogen and oxygen atoms in total. The Balaban J connectivity index is 3.73. The van der Waals surface area contributed by atoms with Gasteiger partial charge in [-0.05, 0) is 51.5 Å². The molecule has 0 aromatic rings. The third kappa shape index (κ3) is 14.2.